The Morgan fingerprint density at radius 1 is 1.75 bits per heavy atom. The number of terminal acetylenes is 1. The number of nitrogens with zero attached hydrogens (tertiary/aromatic N) is 1. The van der Waals surface area contributed by atoms with Gasteiger partial charge >= 0.3 is 0 Å². The summed E-state index contributed by atoms with van der Waals surface area (Å²) in [6.45, 7) is 2.49. The number of anilines is 1. The lowest BCUT2D eigenvalue weighted by Gasteiger charge is -2.04. The summed E-state index contributed by atoms with van der Waals surface area (Å²) >= 11 is 3.33. The molecule has 0 fully saturated rings. The number of pyridine rings is 1. The maximum atomic E-state index is 5.11. The monoisotopic (exact) mass is 224 g/mol. The Balaban J connectivity index is 2.81. The molecule has 0 atom stereocenters. The zero-order chi connectivity index (χ0) is 8.97. The van der Waals surface area contributed by atoms with Gasteiger partial charge in [-0.25, -0.2) is 4.98 Å². The number of nitrogens with one attached hydrogen (secondary N) is 1. The van der Waals surface area contributed by atoms with Crippen molar-refractivity contribution in [2.24, 2.45) is 0 Å². The van der Waals surface area contributed by atoms with Crippen LogP contribution in [0.25, 0.3) is 0 Å². The van der Waals surface area contributed by atoms with E-state index < -0.39 is 0 Å². The second-order valence-corrected chi connectivity index (χ2v) is 3.29. The highest BCUT2D eigenvalue weighted by atomic mass is 79.9. The molecule has 1 heterocycles. The summed E-state index contributed by atoms with van der Waals surface area (Å²) in [6, 6.07) is 1.99. The number of aryl methyl sites for hydroxylation is 1. The molecule has 0 spiro atoms. The van der Waals surface area contributed by atoms with Gasteiger partial charge in [-0.05, 0) is 34.5 Å². The lowest BCUT2D eigenvalue weighted by molar-refractivity contribution is 1.20. The van der Waals surface area contributed by atoms with Gasteiger partial charge in [0.1, 0.15) is 5.82 Å². The van der Waals surface area contributed by atoms with E-state index in [4.69, 9.17) is 6.42 Å². The van der Waals surface area contributed by atoms with E-state index in [0.717, 1.165) is 15.9 Å². The summed E-state index contributed by atoms with van der Waals surface area (Å²) in [5, 5.41) is 3.02. The predicted molar refractivity (Wildman–Crippen MR) is 54.0 cm³/mol. The Hall–Kier alpha value is -1.01. The summed E-state index contributed by atoms with van der Waals surface area (Å²) in [5.41, 5.74) is 1.08. The molecule has 0 unspecified atom stereocenters. The van der Waals surface area contributed by atoms with E-state index in [1.165, 1.54) is 0 Å². The van der Waals surface area contributed by atoms with E-state index in [0.29, 0.717) is 6.54 Å². The second kappa shape index (κ2) is 4.13. The van der Waals surface area contributed by atoms with Crippen molar-refractivity contribution in [3.63, 3.8) is 0 Å². The minimum Gasteiger partial charge on any atom is -0.359 e. The minimum atomic E-state index is 0.509. The van der Waals surface area contributed by atoms with Crippen molar-refractivity contribution >= 4 is 21.7 Å². The molecule has 3 heteroatoms. The number of halogens is 1. The van der Waals surface area contributed by atoms with E-state index in [1.54, 1.807) is 6.20 Å². The fourth-order valence-electron chi connectivity index (χ4n) is 0.860. The summed E-state index contributed by atoms with van der Waals surface area (Å²) in [7, 11) is 0. The molecule has 1 aromatic heterocycles. The van der Waals surface area contributed by atoms with Crippen molar-refractivity contribution in [2.75, 3.05) is 11.9 Å². The molecule has 62 valence electrons. The zero-order valence-corrected chi connectivity index (χ0v) is 8.35. The first kappa shape index (κ1) is 9.08. The fourth-order valence-corrected chi connectivity index (χ4v) is 1.31. The number of hydrogen-bond donors (Lipinski definition) is 1. The molecule has 0 radical (unpaired) electrons. The largest absolute Gasteiger partial charge is 0.359 e. The lowest BCUT2D eigenvalue weighted by atomic mass is 10.3. The first-order valence-electron chi connectivity index (χ1n) is 3.53. The zero-order valence-electron chi connectivity index (χ0n) is 6.76. The number of hydrogen-bond acceptors (Lipinski definition) is 2. The smallest absolute Gasteiger partial charge is 0.129 e. The molecular weight excluding hydrogens is 216 g/mol. The van der Waals surface area contributed by atoms with Crippen molar-refractivity contribution in [1.82, 2.24) is 4.98 Å². The third-order valence-electron chi connectivity index (χ3n) is 1.40. The van der Waals surface area contributed by atoms with Gasteiger partial charge in [0.2, 0.25) is 0 Å². The standard InChI is InChI=1S/C9H9BrN2/c1-3-4-11-9-7(2)5-8(10)6-12-9/h1,5-6H,4H2,2H3,(H,11,12). The third-order valence-corrected chi connectivity index (χ3v) is 1.84. The van der Waals surface area contributed by atoms with E-state index in [9.17, 15) is 0 Å². The predicted octanol–water partition coefficient (Wildman–Crippen LogP) is 2.20. The lowest BCUT2D eigenvalue weighted by Crippen LogP contribution is -2.02. The van der Waals surface area contributed by atoms with Crippen LogP contribution in [-0.4, -0.2) is 11.5 Å². The molecule has 1 aromatic rings. The third kappa shape index (κ3) is 2.24. The number of rotatable bonds is 2. The molecule has 0 aliphatic heterocycles. The Kier molecular flexibility index (Phi) is 3.12. The first-order chi connectivity index (χ1) is 5.74. The van der Waals surface area contributed by atoms with Crippen LogP contribution in [0.1, 0.15) is 5.56 Å². The van der Waals surface area contributed by atoms with Gasteiger partial charge in [-0.1, -0.05) is 5.92 Å². The van der Waals surface area contributed by atoms with Crippen LogP contribution in [0.2, 0.25) is 0 Å². The summed E-state index contributed by atoms with van der Waals surface area (Å²) < 4.78 is 0.978. The minimum absolute atomic E-state index is 0.509. The van der Waals surface area contributed by atoms with Crippen LogP contribution in [-0.2, 0) is 0 Å². The normalized spacial score (nSPS) is 9.08. The molecule has 0 bridgehead atoms. The highest BCUT2D eigenvalue weighted by Gasteiger charge is 1.97. The highest BCUT2D eigenvalue weighted by Crippen LogP contribution is 2.16. The number of aromatic nitrogens is 1. The Morgan fingerprint density at radius 3 is 3.08 bits per heavy atom. The van der Waals surface area contributed by atoms with Crippen molar-refractivity contribution in [3.8, 4) is 12.3 Å². The van der Waals surface area contributed by atoms with Gasteiger partial charge in [0, 0.05) is 10.7 Å². The fraction of sp³-hybridized carbons (Fsp3) is 0.222. The molecule has 1 N–H and O–H groups in total. The first-order valence-corrected chi connectivity index (χ1v) is 4.33. The topological polar surface area (TPSA) is 24.9 Å². The van der Waals surface area contributed by atoms with Crippen LogP contribution in [0.5, 0.6) is 0 Å². The molecule has 0 aliphatic carbocycles. The SMILES string of the molecule is C#CCNc1ncc(Br)cc1C. The Bertz CT molecular complexity index is 315. The van der Waals surface area contributed by atoms with Gasteiger partial charge in [0.15, 0.2) is 0 Å². The van der Waals surface area contributed by atoms with Gasteiger partial charge in [-0.2, -0.15) is 0 Å². The molecule has 0 aromatic carbocycles. The van der Waals surface area contributed by atoms with E-state index >= 15 is 0 Å². The molecule has 1 rings (SSSR count). The van der Waals surface area contributed by atoms with Crippen LogP contribution in [0, 0.1) is 19.3 Å². The van der Waals surface area contributed by atoms with Crippen molar-refractivity contribution < 1.29 is 0 Å². The summed E-state index contributed by atoms with van der Waals surface area (Å²) in [4.78, 5) is 4.16. The van der Waals surface area contributed by atoms with Crippen molar-refractivity contribution in [3.05, 3.63) is 22.3 Å². The quantitative estimate of drug-likeness (QED) is 0.780. The molecule has 0 aliphatic rings. The Labute approximate surface area is 80.5 Å². The van der Waals surface area contributed by atoms with Gasteiger partial charge < -0.3 is 5.32 Å². The van der Waals surface area contributed by atoms with Crippen molar-refractivity contribution in [2.45, 2.75) is 6.92 Å². The molecular formula is C9H9BrN2. The molecule has 0 amide bonds. The van der Waals surface area contributed by atoms with Crippen LogP contribution in [0.3, 0.4) is 0 Å². The van der Waals surface area contributed by atoms with Crippen LogP contribution in [0.15, 0.2) is 16.7 Å². The van der Waals surface area contributed by atoms with E-state index in [1.807, 2.05) is 13.0 Å². The van der Waals surface area contributed by atoms with Gasteiger partial charge in [0.05, 0.1) is 6.54 Å². The van der Waals surface area contributed by atoms with Crippen LogP contribution in [0.4, 0.5) is 5.82 Å². The van der Waals surface area contributed by atoms with Crippen LogP contribution >= 0.6 is 15.9 Å². The average molecular weight is 225 g/mol. The molecule has 0 saturated carbocycles. The van der Waals surface area contributed by atoms with Crippen LogP contribution < -0.4 is 5.32 Å². The molecule has 12 heavy (non-hydrogen) atoms. The van der Waals surface area contributed by atoms with Gasteiger partial charge in [-0.3, -0.25) is 0 Å². The highest BCUT2D eigenvalue weighted by molar-refractivity contribution is 9.10. The summed E-state index contributed by atoms with van der Waals surface area (Å²) in [6.07, 6.45) is 6.85. The summed E-state index contributed by atoms with van der Waals surface area (Å²) in [5.74, 6) is 3.34. The van der Waals surface area contributed by atoms with E-state index in [-0.39, 0.29) is 0 Å². The van der Waals surface area contributed by atoms with E-state index in [2.05, 4.69) is 32.2 Å². The molecule has 0 saturated heterocycles. The van der Waals surface area contributed by atoms with Gasteiger partial charge in [-0.15, -0.1) is 6.42 Å². The average Bonchev–Trinajstić information content (AvgIpc) is 2.03. The van der Waals surface area contributed by atoms with Gasteiger partial charge in [0.25, 0.3) is 0 Å². The Morgan fingerprint density at radius 2 is 2.50 bits per heavy atom. The maximum absolute atomic E-state index is 5.11. The second-order valence-electron chi connectivity index (χ2n) is 2.38. The maximum Gasteiger partial charge on any atom is 0.129 e. The molecule has 2 nitrogen and oxygen atoms in total. The van der Waals surface area contributed by atoms with Crippen molar-refractivity contribution in [1.29, 1.82) is 0 Å².